The highest BCUT2D eigenvalue weighted by Crippen LogP contribution is 2.33. The number of anilines is 1. The van der Waals surface area contributed by atoms with E-state index in [1.165, 1.54) is 16.7 Å². The quantitative estimate of drug-likeness (QED) is 0.456. The number of aromatic nitrogens is 2. The Morgan fingerprint density at radius 3 is 2.16 bits per heavy atom. The summed E-state index contributed by atoms with van der Waals surface area (Å²) in [5.41, 5.74) is 2.04. The summed E-state index contributed by atoms with van der Waals surface area (Å²) in [6.07, 6.45) is -4.14. The first-order valence-corrected chi connectivity index (χ1v) is 12.3. The van der Waals surface area contributed by atoms with Gasteiger partial charge in [0, 0.05) is 44.0 Å². The lowest BCUT2D eigenvalue weighted by molar-refractivity contribution is -0.274. The van der Waals surface area contributed by atoms with E-state index in [1.807, 2.05) is 35.2 Å². The highest BCUT2D eigenvalue weighted by Gasteiger charge is 2.33. The zero-order chi connectivity index (χ0) is 26.6. The second-order valence-corrected chi connectivity index (χ2v) is 9.22. The van der Waals surface area contributed by atoms with E-state index in [0.717, 1.165) is 5.56 Å². The van der Waals surface area contributed by atoms with E-state index in [4.69, 9.17) is 0 Å². The standard InChI is InChI=1S/C27H31F3N4O3/c1-20-21(2)34(19-22-9-4-3-5-10-22)26(36)33(25(20)35)14-8-13-31-15-17-32(18-16-31)23-11-6-7-12-24(23)37-27(28,29)30/h3-7,9-12H,8,13-19H2,1-2H3. The molecule has 198 valence electrons. The van der Waals surface area contributed by atoms with Crippen LogP contribution in [0.1, 0.15) is 23.2 Å². The lowest BCUT2D eigenvalue weighted by Gasteiger charge is -2.36. The Labute approximate surface area is 213 Å². The van der Waals surface area contributed by atoms with Crippen molar-refractivity contribution in [2.24, 2.45) is 0 Å². The van der Waals surface area contributed by atoms with Crippen molar-refractivity contribution in [3.63, 3.8) is 0 Å². The van der Waals surface area contributed by atoms with Crippen molar-refractivity contribution in [1.82, 2.24) is 14.0 Å². The predicted octanol–water partition coefficient (Wildman–Crippen LogP) is 3.79. The maximum atomic E-state index is 13.2. The molecule has 2 aromatic carbocycles. The number of nitrogens with zero attached hydrogens (tertiary/aromatic N) is 4. The zero-order valence-corrected chi connectivity index (χ0v) is 21.0. The molecule has 0 spiro atoms. The molecule has 0 amide bonds. The second-order valence-electron chi connectivity index (χ2n) is 9.22. The van der Waals surface area contributed by atoms with E-state index in [-0.39, 0.29) is 17.0 Å². The molecule has 1 fully saturated rings. The van der Waals surface area contributed by atoms with Crippen molar-refractivity contribution in [3.05, 3.63) is 92.3 Å². The largest absolute Gasteiger partial charge is 0.573 e. The summed E-state index contributed by atoms with van der Waals surface area (Å²) >= 11 is 0. The van der Waals surface area contributed by atoms with Gasteiger partial charge in [0.2, 0.25) is 0 Å². The summed E-state index contributed by atoms with van der Waals surface area (Å²) < 4.78 is 45.5. The van der Waals surface area contributed by atoms with Gasteiger partial charge < -0.3 is 9.64 Å². The molecule has 0 N–H and O–H groups in total. The molecule has 0 bridgehead atoms. The van der Waals surface area contributed by atoms with E-state index in [1.54, 1.807) is 30.5 Å². The zero-order valence-electron chi connectivity index (χ0n) is 21.0. The van der Waals surface area contributed by atoms with Gasteiger partial charge in [-0.15, -0.1) is 13.2 Å². The SMILES string of the molecule is Cc1c(C)n(Cc2ccccc2)c(=O)n(CCCN2CCN(c3ccccc3OC(F)(F)F)CC2)c1=O. The third kappa shape index (κ3) is 6.43. The van der Waals surface area contributed by atoms with E-state index in [9.17, 15) is 22.8 Å². The normalized spacial score (nSPS) is 14.7. The molecule has 2 heterocycles. The van der Waals surface area contributed by atoms with Crippen molar-refractivity contribution in [1.29, 1.82) is 0 Å². The van der Waals surface area contributed by atoms with Crippen molar-refractivity contribution in [2.75, 3.05) is 37.6 Å². The molecule has 7 nitrogen and oxygen atoms in total. The number of benzene rings is 2. The Balaban J connectivity index is 1.37. The Morgan fingerprint density at radius 1 is 0.838 bits per heavy atom. The summed E-state index contributed by atoms with van der Waals surface area (Å²) in [6.45, 7) is 7.31. The molecule has 4 rings (SSSR count). The molecule has 1 aliphatic heterocycles. The number of ether oxygens (including phenoxy) is 1. The maximum absolute atomic E-state index is 13.2. The van der Waals surface area contributed by atoms with Crippen LogP contribution in [0, 0.1) is 13.8 Å². The first kappa shape index (κ1) is 26.5. The lowest BCUT2D eigenvalue weighted by atomic mass is 10.2. The molecule has 0 unspecified atom stereocenters. The van der Waals surface area contributed by atoms with Gasteiger partial charge in [-0.25, -0.2) is 4.79 Å². The predicted molar refractivity (Wildman–Crippen MR) is 136 cm³/mol. The average Bonchev–Trinajstić information content (AvgIpc) is 2.88. The van der Waals surface area contributed by atoms with Crippen LogP contribution in [0.25, 0.3) is 0 Å². The molecule has 0 saturated carbocycles. The molecule has 10 heteroatoms. The number of piperazine rings is 1. The highest BCUT2D eigenvalue weighted by molar-refractivity contribution is 5.58. The minimum Gasteiger partial charge on any atom is -0.404 e. The fourth-order valence-electron chi connectivity index (χ4n) is 4.68. The number of hydrogen-bond acceptors (Lipinski definition) is 5. The molecule has 1 saturated heterocycles. The van der Waals surface area contributed by atoms with Crippen molar-refractivity contribution < 1.29 is 17.9 Å². The average molecular weight is 517 g/mol. The minimum atomic E-state index is -4.75. The van der Waals surface area contributed by atoms with Gasteiger partial charge in [-0.1, -0.05) is 42.5 Å². The molecule has 0 radical (unpaired) electrons. The third-order valence-electron chi connectivity index (χ3n) is 6.82. The number of para-hydroxylation sites is 2. The summed E-state index contributed by atoms with van der Waals surface area (Å²) in [7, 11) is 0. The van der Waals surface area contributed by atoms with Gasteiger partial charge in [-0.2, -0.15) is 0 Å². The summed E-state index contributed by atoms with van der Waals surface area (Å²) in [6, 6.07) is 15.8. The van der Waals surface area contributed by atoms with E-state index in [2.05, 4.69) is 9.64 Å². The second kappa shape index (κ2) is 11.2. The number of halogens is 3. The summed E-state index contributed by atoms with van der Waals surface area (Å²) in [5, 5.41) is 0. The van der Waals surface area contributed by atoms with Crippen molar-refractivity contribution in [3.8, 4) is 5.75 Å². The van der Waals surface area contributed by atoms with Gasteiger partial charge in [0.15, 0.2) is 5.75 Å². The van der Waals surface area contributed by atoms with Crippen LogP contribution >= 0.6 is 0 Å². The van der Waals surface area contributed by atoms with Gasteiger partial charge in [0.1, 0.15) is 0 Å². The maximum Gasteiger partial charge on any atom is 0.573 e. The van der Waals surface area contributed by atoms with E-state index >= 15 is 0 Å². The van der Waals surface area contributed by atoms with Crippen LogP contribution in [0.15, 0.2) is 64.2 Å². The van der Waals surface area contributed by atoms with Crippen molar-refractivity contribution in [2.45, 2.75) is 39.7 Å². The molecule has 1 aromatic heterocycles. The molecule has 0 atom stereocenters. The molecule has 37 heavy (non-hydrogen) atoms. The topological polar surface area (TPSA) is 59.7 Å². The van der Waals surface area contributed by atoms with Gasteiger partial charge in [-0.3, -0.25) is 18.8 Å². The third-order valence-corrected chi connectivity index (χ3v) is 6.82. The molecule has 3 aromatic rings. The monoisotopic (exact) mass is 516 g/mol. The fraction of sp³-hybridized carbons (Fsp3) is 0.407. The Bertz CT molecular complexity index is 1330. The Hall–Kier alpha value is -3.53. The highest BCUT2D eigenvalue weighted by atomic mass is 19.4. The van der Waals surface area contributed by atoms with Crippen molar-refractivity contribution >= 4 is 5.69 Å². The van der Waals surface area contributed by atoms with Crippen LogP contribution in [0.2, 0.25) is 0 Å². The number of hydrogen-bond donors (Lipinski definition) is 0. The van der Waals surface area contributed by atoms with Crippen LogP contribution < -0.4 is 20.9 Å². The first-order valence-electron chi connectivity index (χ1n) is 12.3. The number of alkyl halides is 3. The van der Waals surface area contributed by atoms with Gasteiger partial charge in [0.05, 0.1) is 12.2 Å². The van der Waals surface area contributed by atoms with E-state index in [0.29, 0.717) is 69.2 Å². The molecular weight excluding hydrogens is 485 g/mol. The molecule has 0 aliphatic carbocycles. The Morgan fingerprint density at radius 2 is 1.49 bits per heavy atom. The first-order chi connectivity index (χ1) is 17.6. The molecule has 1 aliphatic rings. The Kier molecular flexibility index (Phi) is 8.06. The summed E-state index contributed by atoms with van der Waals surface area (Å²) in [4.78, 5) is 30.1. The molecular formula is C27H31F3N4O3. The lowest BCUT2D eigenvalue weighted by Crippen LogP contribution is -2.47. The van der Waals surface area contributed by atoms with Crippen LogP contribution in [-0.4, -0.2) is 53.1 Å². The van der Waals surface area contributed by atoms with Crippen LogP contribution in [0.3, 0.4) is 0 Å². The van der Waals surface area contributed by atoms with Gasteiger partial charge in [0.25, 0.3) is 5.56 Å². The smallest absolute Gasteiger partial charge is 0.404 e. The van der Waals surface area contributed by atoms with E-state index < -0.39 is 6.36 Å². The number of rotatable bonds is 8. The minimum absolute atomic E-state index is 0.204. The van der Waals surface area contributed by atoms with Crippen LogP contribution in [-0.2, 0) is 13.1 Å². The van der Waals surface area contributed by atoms with Gasteiger partial charge >= 0.3 is 12.1 Å². The fourth-order valence-corrected chi connectivity index (χ4v) is 4.68. The van der Waals surface area contributed by atoms with Gasteiger partial charge in [-0.05, 0) is 44.5 Å². The summed E-state index contributed by atoms with van der Waals surface area (Å²) in [5.74, 6) is -0.204. The van der Waals surface area contributed by atoms with Crippen LogP contribution in [0.5, 0.6) is 5.75 Å². The van der Waals surface area contributed by atoms with Crippen LogP contribution in [0.4, 0.5) is 18.9 Å².